The van der Waals surface area contributed by atoms with E-state index in [0.717, 1.165) is 22.4 Å². The van der Waals surface area contributed by atoms with Crippen LogP contribution in [-0.4, -0.2) is 11.1 Å². The van der Waals surface area contributed by atoms with Gasteiger partial charge in [0.05, 0.1) is 5.56 Å². The van der Waals surface area contributed by atoms with Crippen LogP contribution < -0.4 is 0 Å². The third kappa shape index (κ3) is 2.39. The summed E-state index contributed by atoms with van der Waals surface area (Å²) in [4.78, 5) is 12.3. The van der Waals surface area contributed by atoms with E-state index in [2.05, 4.69) is 18.4 Å². The van der Waals surface area contributed by atoms with Gasteiger partial charge in [0, 0.05) is 10.4 Å². The summed E-state index contributed by atoms with van der Waals surface area (Å²) < 4.78 is 0. The zero-order valence-electron chi connectivity index (χ0n) is 9.86. The summed E-state index contributed by atoms with van der Waals surface area (Å²) in [6.45, 7) is 4.00. The van der Waals surface area contributed by atoms with Crippen LogP contribution in [0.4, 0.5) is 0 Å². The Balaban J connectivity index is 2.54. The molecule has 0 amide bonds. The van der Waals surface area contributed by atoms with Crippen LogP contribution in [0.15, 0.2) is 29.6 Å². The molecule has 0 spiro atoms. The number of hydrogen-bond donors (Lipinski definition) is 1. The van der Waals surface area contributed by atoms with Crippen molar-refractivity contribution in [2.24, 2.45) is 0 Å². The van der Waals surface area contributed by atoms with Gasteiger partial charge < -0.3 is 5.11 Å². The smallest absolute Gasteiger partial charge is 0.336 e. The highest BCUT2D eigenvalue weighted by atomic mass is 32.1. The first-order valence-electron chi connectivity index (χ1n) is 5.53. The van der Waals surface area contributed by atoms with Crippen molar-refractivity contribution in [3.8, 4) is 10.4 Å². The quantitative estimate of drug-likeness (QED) is 0.889. The predicted octanol–water partition coefficient (Wildman–Crippen LogP) is 3.98. The lowest BCUT2D eigenvalue weighted by molar-refractivity contribution is 0.0697. The number of carbonyl (C=O) groups is 1. The minimum Gasteiger partial charge on any atom is -0.478 e. The molecular formula is C14H14O2S. The first kappa shape index (κ1) is 11.9. The highest BCUT2D eigenvalue weighted by Crippen LogP contribution is 2.30. The molecule has 0 unspecified atom stereocenters. The van der Waals surface area contributed by atoms with E-state index in [1.165, 1.54) is 5.56 Å². The second-order valence-corrected chi connectivity index (χ2v) is 4.94. The van der Waals surface area contributed by atoms with Gasteiger partial charge in [0.15, 0.2) is 0 Å². The summed E-state index contributed by atoms with van der Waals surface area (Å²) in [5.41, 5.74) is 3.42. The Bertz CT molecular complexity index is 555. The number of thiophene rings is 1. The molecule has 0 aliphatic rings. The molecule has 0 bridgehead atoms. The van der Waals surface area contributed by atoms with Crippen LogP contribution in [0.5, 0.6) is 0 Å². The molecular weight excluding hydrogens is 232 g/mol. The number of aryl methyl sites for hydroxylation is 2. The third-order valence-corrected chi connectivity index (χ3v) is 3.75. The Morgan fingerprint density at radius 3 is 2.71 bits per heavy atom. The van der Waals surface area contributed by atoms with Gasteiger partial charge in [-0.05, 0) is 36.4 Å². The van der Waals surface area contributed by atoms with Gasteiger partial charge in [0.25, 0.3) is 0 Å². The highest BCUT2D eigenvalue weighted by Gasteiger charge is 2.13. The first-order valence-corrected chi connectivity index (χ1v) is 6.41. The summed E-state index contributed by atoms with van der Waals surface area (Å²) in [6, 6.07) is 7.64. The molecule has 88 valence electrons. The fraction of sp³-hybridized carbons (Fsp3) is 0.214. The van der Waals surface area contributed by atoms with Crippen molar-refractivity contribution >= 4 is 17.3 Å². The lowest BCUT2D eigenvalue weighted by Gasteiger charge is -2.04. The topological polar surface area (TPSA) is 37.3 Å². The maximum absolute atomic E-state index is 11.2. The lowest BCUT2D eigenvalue weighted by Crippen LogP contribution is -1.99. The number of aromatic carboxylic acids is 1. The summed E-state index contributed by atoms with van der Waals surface area (Å²) in [5, 5.41) is 11.3. The van der Waals surface area contributed by atoms with Gasteiger partial charge in [0.2, 0.25) is 0 Å². The zero-order valence-corrected chi connectivity index (χ0v) is 10.7. The maximum atomic E-state index is 11.2. The highest BCUT2D eigenvalue weighted by molar-refractivity contribution is 7.13. The van der Waals surface area contributed by atoms with Crippen LogP contribution in [-0.2, 0) is 6.42 Å². The first-order chi connectivity index (χ1) is 8.11. The van der Waals surface area contributed by atoms with Gasteiger partial charge in [-0.15, -0.1) is 11.3 Å². The van der Waals surface area contributed by atoms with Gasteiger partial charge in [-0.2, -0.15) is 0 Å². The van der Waals surface area contributed by atoms with Gasteiger partial charge in [-0.1, -0.05) is 24.6 Å². The van der Waals surface area contributed by atoms with E-state index in [9.17, 15) is 9.90 Å². The summed E-state index contributed by atoms with van der Waals surface area (Å²) >= 11 is 1.60. The summed E-state index contributed by atoms with van der Waals surface area (Å²) in [5.74, 6) is -0.866. The average molecular weight is 246 g/mol. The van der Waals surface area contributed by atoms with Crippen molar-refractivity contribution in [2.45, 2.75) is 20.3 Å². The summed E-state index contributed by atoms with van der Waals surface area (Å²) in [6.07, 6.45) is 0.977. The molecule has 1 heterocycles. The molecule has 1 N–H and O–H groups in total. The van der Waals surface area contributed by atoms with Crippen LogP contribution >= 0.6 is 11.3 Å². The SMILES string of the molecule is CCc1csc(-c2ccc(C)cc2C(=O)O)c1. The van der Waals surface area contributed by atoms with Crippen LogP contribution in [0, 0.1) is 6.92 Å². The Kier molecular flexibility index (Phi) is 3.29. The second-order valence-electron chi connectivity index (χ2n) is 4.03. The molecule has 0 aliphatic carbocycles. The second kappa shape index (κ2) is 4.72. The standard InChI is InChI=1S/C14H14O2S/c1-3-10-7-13(17-8-10)11-5-4-9(2)6-12(11)14(15)16/h4-8H,3H2,1-2H3,(H,15,16). The Hall–Kier alpha value is -1.61. The van der Waals surface area contributed by atoms with Crippen molar-refractivity contribution in [2.75, 3.05) is 0 Å². The number of carboxylic acids is 1. The van der Waals surface area contributed by atoms with Crippen LogP contribution in [0.3, 0.4) is 0 Å². The molecule has 0 radical (unpaired) electrons. The van der Waals surface area contributed by atoms with Crippen molar-refractivity contribution < 1.29 is 9.90 Å². The van der Waals surface area contributed by atoms with Gasteiger partial charge in [-0.3, -0.25) is 0 Å². The Morgan fingerprint density at radius 2 is 2.12 bits per heavy atom. The largest absolute Gasteiger partial charge is 0.478 e. The van der Waals surface area contributed by atoms with E-state index >= 15 is 0 Å². The fourth-order valence-corrected chi connectivity index (χ4v) is 2.79. The van der Waals surface area contributed by atoms with Crippen molar-refractivity contribution in [3.63, 3.8) is 0 Å². The molecule has 17 heavy (non-hydrogen) atoms. The van der Waals surface area contributed by atoms with E-state index in [4.69, 9.17) is 0 Å². The molecule has 0 atom stereocenters. The van der Waals surface area contributed by atoms with E-state index in [0.29, 0.717) is 5.56 Å². The molecule has 0 saturated carbocycles. The number of benzene rings is 1. The van der Waals surface area contributed by atoms with Gasteiger partial charge in [0.1, 0.15) is 0 Å². The Labute approximate surface area is 105 Å². The minimum atomic E-state index is -0.866. The monoisotopic (exact) mass is 246 g/mol. The van der Waals surface area contributed by atoms with Crippen LogP contribution in [0.1, 0.15) is 28.4 Å². The van der Waals surface area contributed by atoms with Crippen molar-refractivity contribution in [1.29, 1.82) is 0 Å². The molecule has 2 rings (SSSR count). The van der Waals surface area contributed by atoms with Crippen molar-refractivity contribution in [3.05, 3.63) is 46.3 Å². The molecule has 2 aromatic rings. The van der Waals surface area contributed by atoms with E-state index in [1.807, 2.05) is 19.1 Å². The molecule has 1 aromatic carbocycles. The summed E-state index contributed by atoms with van der Waals surface area (Å²) in [7, 11) is 0. The van der Waals surface area contributed by atoms with E-state index in [1.54, 1.807) is 17.4 Å². The number of hydrogen-bond acceptors (Lipinski definition) is 2. The van der Waals surface area contributed by atoms with Crippen molar-refractivity contribution in [1.82, 2.24) is 0 Å². The number of rotatable bonds is 3. The maximum Gasteiger partial charge on any atom is 0.336 e. The molecule has 2 nitrogen and oxygen atoms in total. The van der Waals surface area contributed by atoms with E-state index < -0.39 is 5.97 Å². The van der Waals surface area contributed by atoms with Gasteiger partial charge >= 0.3 is 5.97 Å². The Morgan fingerprint density at radius 1 is 1.35 bits per heavy atom. The van der Waals surface area contributed by atoms with Crippen LogP contribution in [0.2, 0.25) is 0 Å². The van der Waals surface area contributed by atoms with E-state index in [-0.39, 0.29) is 0 Å². The lowest BCUT2D eigenvalue weighted by atomic mass is 10.0. The van der Waals surface area contributed by atoms with Gasteiger partial charge in [-0.25, -0.2) is 4.79 Å². The minimum absolute atomic E-state index is 0.384. The molecule has 0 fully saturated rings. The normalized spacial score (nSPS) is 10.5. The molecule has 0 aliphatic heterocycles. The molecule has 0 saturated heterocycles. The predicted molar refractivity (Wildman–Crippen MR) is 70.8 cm³/mol. The zero-order chi connectivity index (χ0) is 12.4. The molecule has 1 aromatic heterocycles. The van der Waals surface area contributed by atoms with Crippen LogP contribution in [0.25, 0.3) is 10.4 Å². The fourth-order valence-electron chi connectivity index (χ4n) is 1.75. The molecule has 3 heteroatoms. The number of carboxylic acid groups (broad SMARTS) is 1. The average Bonchev–Trinajstić information content (AvgIpc) is 2.77. The third-order valence-electron chi connectivity index (χ3n) is 2.73.